The molecule has 2 aliphatic heterocycles. The average molecular weight is 738 g/mol. The highest BCUT2D eigenvalue weighted by Crippen LogP contribution is 2.50. The maximum Gasteiger partial charge on any atom is 0.337 e. The number of benzene rings is 7. The lowest BCUT2D eigenvalue weighted by atomic mass is 9.45. The van der Waals surface area contributed by atoms with Crippen LogP contribution < -0.4 is 20.7 Å². The average Bonchev–Trinajstić information content (AvgIpc) is 3.77. The summed E-state index contributed by atoms with van der Waals surface area (Å²) in [6, 6.07) is 57.9. The highest BCUT2D eigenvalue weighted by Gasteiger charge is 2.46. The molecule has 0 radical (unpaired) electrons. The molecule has 0 spiro atoms. The van der Waals surface area contributed by atoms with E-state index in [0.29, 0.717) is 0 Å². The van der Waals surface area contributed by atoms with E-state index in [1.54, 1.807) is 0 Å². The van der Waals surface area contributed by atoms with Gasteiger partial charge in [-0.2, -0.15) is 0 Å². The van der Waals surface area contributed by atoms with Gasteiger partial charge in [0.2, 0.25) is 5.88 Å². The fraction of sp³-hybridized carbons (Fsp3) is 0.154. The maximum atomic E-state index is 7.09. The summed E-state index contributed by atoms with van der Waals surface area (Å²) in [6.07, 6.45) is 0. The van der Waals surface area contributed by atoms with Gasteiger partial charge in [-0.05, 0) is 93.6 Å². The topological polar surface area (TPSA) is 24.6 Å². The van der Waals surface area contributed by atoms with Crippen molar-refractivity contribution in [3.63, 3.8) is 0 Å². The molecular weight excluding hydrogens is 693 g/mol. The molecule has 5 heteroatoms. The normalized spacial score (nSPS) is 13.4. The van der Waals surface area contributed by atoms with Crippen LogP contribution >= 0.6 is 0 Å². The molecule has 0 fully saturated rings. The molecule has 9 aromatic rings. The molecule has 0 N–H and O–H groups in total. The SMILES string of the molecule is CC(C)(C)c1ccc(N2c3cc(C(C)(C)C)cc4c3B(c3c2oc2ccccc32)n2c3cccc(N(c5ccccc5)c5ccccc5)c3c3cccc-4c32)cc1. The van der Waals surface area contributed by atoms with Gasteiger partial charge in [-0.1, -0.05) is 139 Å². The monoisotopic (exact) mass is 737 g/mol. The Labute approximate surface area is 334 Å². The fourth-order valence-corrected chi connectivity index (χ4v) is 9.51. The molecule has 4 heterocycles. The van der Waals surface area contributed by atoms with E-state index in [4.69, 9.17) is 4.42 Å². The van der Waals surface area contributed by atoms with Crippen molar-refractivity contribution in [1.29, 1.82) is 0 Å². The van der Waals surface area contributed by atoms with Gasteiger partial charge in [0.15, 0.2) is 0 Å². The van der Waals surface area contributed by atoms with Gasteiger partial charge < -0.3 is 13.8 Å². The summed E-state index contributed by atoms with van der Waals surface area (Å²) in [6.45, 7) is 13.7. The van der Waals surface area contributed by atoms with Gasteiger partial charge in [-0.3, -0.25) is 4.90 Å². The Hall–Kier alpha value is -6.46. The van der Waals surface area contributed by atoms with Crippen LogP contribution in [0.15, 0.2) is 162 Å². The van der Waals surface area contributed by atoms with E-state index in [0.717, 1.165) is 39.6 Å². The summed E-state index contributed by atoms with van der Waals surface area (Å²) < 4.78 is 9.73. The van der Waals surface area contributed by atoms with Crippen LogP contribution in [0.4, 0.5) is 34.3 Å². The number of aromatic nitrogens is 1. The Morgan fingerprint density at radius 2 is 1.18 bits per heavy atom. The Balaban J connectivity index is 1.27. The summed E-state index contributed by atoms with van der Waals surface area (Å²) in [7, 11) is 0. The van der Waals surface area contributed by atoms with Gasteiger partial charge >= 0.3 is 6.85 Å². The van der Waals surface area contributed by atoms with Crippen molar-refractivity contribution in [1.82, 2.24) is 4.48 Å². The van der Waals surface area contributed by atoms with Gasteiger partial charge in [-0.25, -0.2) is 0 Å². The van der Waals surface area contributed by atoms with E-state index < -0.39 is 0 Å². The quantitative estimate of drug-likeness (QED) is 0.168. The molecule has 4 nitrogen and oxygen atoms in total. The Morgan fingerprint density at radius 1 is 0.544 bits per heavy atom. The minimum Gasteiger partial charge on any atom is -0.440 e. The highest BCUT2D eigenvalue weighted by molar-refractivity contribution is 6.91. The highest BCUT2D eigenvalue weighted by atomic mass is 16.4. The van der Waals surface area contributed by atoms with Crippen LogP contribution in [0.2, 0.25) is 0 Å². The third-order valence-corrected chi connectivity index (χ3v) is 12.3. The van der Waals surface area contributed by atoms with Gasteiger partial charge in [0.25, 0.3) is 0 Å². The Morgan fingerprint density at radius 3 is 1.86 bits per heavy atom. The molecule has 7 aromatic carbocycles. The molecule has 0 amide bonds. The van der Waals surface area contributed by atoms with Gasteiger partial charge in [0.05, 0.1) is 5.69 Å². The maximum absolute atomic E-state index is 7.09. The van der Waals surface area contributed by atoms with Crippen molar-refractivity contribution in [2.24, 2.45) is 0 Å². The first-order valence-electron chi connectivity index (χ1n) is 20.1. The zero-order chi connectivity index (χ0) is 38.8. The molecule has 0 bridgehead atoms. The van der Waals surface area contributed by atoms with Crippen molar-refractivity contribution in [2.45, 2.75) is 52.4 Å². The van der Waals surface area contributed by atoms with Gasteiger partial charge in [0, 0.05) is 61.0 Å². The summed E-state index contributed by atoms with van der Waals surface area (Å²) in [5.74, 6) is 0.884. The van der Waals surface area contributed by atoms with Crippen molar-refractivity contribution in [2.75, 3.05) is 9.80 Å². The van der Waals surface area contributed by atoms with Crippen molar-refractivity contribution >= 4 is 84.9 Å². The predicted molar refractivity (Wildman–Crippen MR) is 242 cm³/mol. The van der Waals surface area contributed by atoms with Crippen LogP contribution in [0.1, 0.15) is 52.7 Å². The third kappa shape index (κ3) is 4.94. The van der Waals surface area contributed by atoms with E-state index in [2.05, 4.69) is 214 Å². The number of para-hydroxylation sites is 4. The van der Waals surface area contributed by atoms with Crippen LogP contribution in [0.25, 0.3) is 43.9 Å². The zero-order valence-electron chi connectivity index (χ0n) is 33.3. The molecule has 57 heavy (non-hydrogen) atoms. The van der Waals surface area contributed by atoms with E-state index in [9.17, 15) is 0 Å². The molecule has 2 aliphatic rings. The van der Waals surface area contributed by atoms with E-state index in [1.807, 2.05) is 0 Å². The predicted octanol–water partition coefficient (Wildman–Crippen LogP) is 13.0. The minimum absolute atomic E-state index is 0.0430. The number of rotatable bonds is 4. The van der Waals surface area contributed by atoms with Crippen LogP contribution in [0.5, 0.6) is 0 Å². The fourth-order valence-electron chi connectivity index (χ4n) is 9.51. The van der Waals surface area contributed by atoms with E-state index in [1.165, 1.54) is 60.7 Å². The Kier molecular flexibility index (Phi) is 7.14. The molecule has 11 rings (SSSR count). The standard InChI is InChI=1S/C52H44BN3O/c1-51(2,3)33-27-29-37(30-28-33)55-44-32-34(52(4,5)6)31-41-38-22-15-23-40-46-42(54(35-17-9-7-10-18-35)36-19-11-8-12-20-36)24-16-25-43(46)56(49(38)40)53(47(41)44)48-39-21-13-14-26-45(39)57-50(48)55/h7-32H,1-6H3. The van der Waals surface area contributed by atoms with Crippen LogP contribution in [-0.4, -0.2) is 11.3 Å². The molecule has 276 valence electrons. The van der Waals surface area contributed by atoms with Gasteiger partial charge in [-0.15, -0.1) is 0 Å². The summed E-state index contributed by atoms with van der Waals surface area (Å²) in [5.41, 5.74) is 16.7. The molecule has 0 saturated heterocycles. The first-order valence-corrected chi connectivity index (χ1v) is 20.1. The molecule has 0 atom stereocenters. The largest absolute Gasteiger partial charge is 0.440 e. The summed E-state index contributed by atoms with van der Waals surface area (Å²) in [4.78, 5) is 4.82. The number of furan rings is 1. The lowest BCUT2D eigenvalue weighted by Crippen LogP contribution is -2.56. The molecular formula is C52H44BN3O. The van der Waals surface area contributed by atoms with Crippen LogP contribution in [-0.2, 0) is 10.8 Å². The summed E-state index contributed by atoms with van der Waals surface area (Å²) in [5, 5.41) is 3.63. The third-order valence-electron chi connectivity index (χ3n) is 12.3. The number of nitrogens with zero attached hydrogens (tertiary/aromatic N) is 3. The first kappa shape index (κ1) is 33.8. The van der Waals surface area contributed by atoms with Crippen molar-refractivity contribution in [3.05, 3.63) is 169 Å². The minimum atomic E-state index is -0.125. The Bertz CT molecular complexity index is 3000. The lowest BCUT2D eigenvalue weighted by Gasteiger charge is -2.39. The second kappa shape index (κ2) is 12.0. The summed E-state index contributed by atoms with van der Waals surface area (Å²) >= 11 is 0. The molecule has 0 unspecified atom stereocenters. The van der Waals surface area contributed by atoms with Crippen LogP contribution in [0, 0.1) is 0 Å². The van der Waals surface area contributed by atoms with Gasteiger partial charge in [0.1, 0.15) is 5.58 Å². The number of fused-ring (bicyclic) bond motifs is 9. The van der Waals surface area contributed by atoms with Crippen LogP contribution in [0.3, 0.4) is 0 Å². The smallest absolute Gasteiger partial charge is 0.337 e. The van der Waals surface area contributed by atoms with E-state index in [-0.39, 0.29) is 17.7 Å². The van der Waals surface area contributed by atoms with Crippen molar-refractivity contribution in [3.8, 4) is 11.1 Å². The first-order chi connectivity index (χ1) is 27.6. The molecule has 0 aliphatic carbocycles. The molecule has 0 saturated carbocycles. The lowest BCUT2D eigenvalue weighted by molar-refractivity contribution is 0.589. The second-order valence-electron chi connectivity index (χ2n) is 17.8. The number of hydrogen-bond acceptors (Lipinski definition) is 3. The second-order valence-corrected chi connectivity index (χ2v) is 17.8. The number of anilines is 6. The zero-order valence-corrected chi connectivity index (χ0v) is 33.3. The van der Waals surface area contributed by atoms with Crippen molar-refractivity contribution < 1.29 is 4.42 Å². The van der Waals surface area contributed by atoms with E-state index >= 15 is 0 Å². The number of hydrogen-bond donors (Lipinski definition) is 0. The molecule has 2 aromatic heterocycles.